The quantitative estimate of drug-likeness (QED) is 0.455. The maximum Gasteiger partial charge on any atom is 0.418 e. The fourth-order valence-electron chi connectivity index (χ4n) is 3.36. The number of Topliss-reactive ketones (excluding diaryl/α,β-unsaturated/α-hetero) is 1. The molecule has 0 unspecified atom stereocenters. The number of hydrogen-bond donors (Lipinski definition) is 0. The van der Waals surface area contributed by atoms with Gasteiger partial charge in [0.1, 0.15) is 0 Å². The number of thiophene rings is 1. The van der Waals surface area contributed by atoms with Gasteiger partial charge in [0.15, 0.2) is 18.1 Å². The maximum absolute atomic E-state index is 14.5. The van der Waals surface area contributed by atoms with Gasteiger partial charge in [-0.3, -0.25) is 4.79 Å². The van der Waals surface area contributed by atoms with E-state index in [1.807, 2.05) is 0 Å². The number of amides is 1. The minimum atomic E-state index is -4.71. The standard InChI is InChI=1S/C20H20F4N2O4S/c1-2-14(27)11-9-31-18-12(20(22,23)24)5-16(25-17(11)18)30-15-7-26(6-13(15)21)19(28)29-8-10-3-4-10/h5,9-10,13,15H,2-4,6-8H2,1H3/t13-,15+/m1/s1. The Balaban J connectivity index is 1.57. The van der Waals surface area contributed by atoms with Gasteiger partial charge in [-0.05, 0) is 18.8 Å². The molecule has 0 N–H and O–H groups in total. The van der Waals surface area contributed by atoms with E-state index in [9.17, 15) is 27.2 Å². The van der Waals surface area contributed by atoms with E-state index in [0.717, 1.165) is 29.1 Å². The second kappa shape index (κ2) is 8.25. The van der Waals surface area contributed by atoms with E-state index in [2.05, 4.69) is 4.98 Å². The van der Waals surface area contributed by atoms with Crippen molar-refractivity contribution >= 4 is 33.4 Å². The predicted molar refractivity (Wildman–Crippen MR) is 104 cm³/mol. The third-order valence-electron chi connectivity index (χ3n) is 5.29. The molecule has 3 heterocycles. The largest absolute Gasteiger partial charge is 0.469 e. The molecule has 1 aliphatic carbocycles. The summed E-state index contributed by atoms with van der Waals surface area (Å²) in [5.41, 5.74) is -1.04. The lowest BCUT2D eigenvalue weighted by molar-refractivity contribution is -0.136. The number of fused-ring (bicyclic) bond motifs is 1. The molecule has 1 amide bonds. The number of rotatable bonds is 6. The normalized spacial score (nSPS) is 21.5. The summed E-state index contributed by atoms with van der Waals surface area (Å²) < 4.78 is 65.7. The Morgan fingerprint density at radius 1 is 1.29 bits per heavy atom. The first-order chi connectivity index (χ1) is 14.7. The van der Waals surface area contributed by atoms with Crippen molar-refractivity contribution in [2.75, 3.05) is 19.7 Å². The first-order valence-corrected chi connectivity index (χ1v) is 10.8. The van der Waals surface area contributed by atoms with E-state index in [-0.39, 0.29) is 47.7 Å². The molecule has 168 valence electrons. The lowest BCUT2D eigenvalue weighted by Crippen LogP contribution is -2.32. The van der Waals surface area contributed by atoms with Crippen LogP contribution in [0.3, 0.4) is 0 Å². The predicted octanol–water partition coefficient (Wildman–Crippen LogP) is 4.86. The molecule has 1 saturated heterocycles. The van der Waals surface area contributed by atoms with Crippen LogP contribution in [0.25, 0.3) is 10.2 Å². The molecule has 6 nitrogen and oxygen atoms in total. The van der Waals surface area contributed by atoms with Crippen molar-refractivity contribution in [1.82, 2.24) is 9.88 Å². The third-order valence-corrected chi connectivity index (χ3v) is 6.30. The van der Waals surface area contributed by atoms with Gasteiger partial charge in [-0.2, -0.15) is 13.2 Å². The Kier molecular flexibility index (Phi) is 5.80. The number of ether oxygens (including phenoxy) is 2. The number of aromatic nitrogens is 1. The summed E-state index contributed by atoms with van der Waals surface area (Å²) in [5.74, 6) is -0.441. The van der Waals surface area contributed by atoms with Crippen molar-refractivity contribution in [2.45, 2.75) is 44.6 Å². The van der Waals surface area contributed by atoms with Gasteiger partial charge in [0, 0.05) is 17.9 Å². The molecule has 2 aromatic heterocycles. The molecule has 1 aliphatic heterocycles. The molecular weight excluding hydrogens is 440 g/mol. The lowest BCUT2D eigenvalue weighted by atomic mass is 10.1. The SMILES string of the molecule is CCC(=O)c1csc2c(C(F)(F)F)cc(O[C@H]3CN(C(=O)OCC4CC4)C[C@H]3F)nc12. The molecule has 2 atom stereocenters. The molecular formula is C20H20F4N2O4S. The van der Waals surface area contributed by atoms with Crippen LogP contribution in [0.2, 0.25) is 0 Å². The fraction of sp³-hybridized carbons (Fsp3) is 0.550. The average molecular weight is 460 g/mol. The number of carbonyl (C=O) groups excluding carboxylic acids is 2. The molecule has 11 heteroatoms. The Morgan fingerprint density at radius 3 is 2.68 bits per heavy atom. The maximum atomic E-state index is 14.5. The van der Waals surface area contributed by atoms with Gasteiger partial charge < -0.3 is 14.4 Å². The molecule has 4 rings (SSSR count). The molecule has 31 heavy (non-hydrogen) atoms. The van der Waals surface area contributed by atoms with Crippen LogP contribution in [-0.4, -0.2) is 53.7 Å². The Labute approximate surface area is 179 Å². The molecule has 0 aromatic carbocycles. The second-order valence-electron chi connectivity index (χ2n) is 7.71. The molecule has 1 saturated carbocycles. The van der Waals surface area contributed by atoms with Crippen LogP contribution in [-0.2, 0) is 10.9 Å². The summed E-state index contributed by atoms with van der Waals surface area (Å²) in [6.45, 7) is 1.42. The summed E-state index contributed by atoms with van der Waals surface area (Å²) in [6.07, 6.45) is -6.10. The molecule has 0 bridgehead atoms. The van der Waals surface area contributed by atoms with E-state index in [1.54, 1.807) is 6.92 Å². The lowest BCUT2D eigenvalue weighted by Gasteiger charge is -2.17. The summed E-state index contributed by atoms with van der Waals surface area (Å²) in [4.78, 5) is 29.4. The van der Waals surface area contributed by atoms with Crippen molar-refractivity contribution in [3.05, 3.63) is 22.6 Å². The van der Waals surface area contributed by atoms with Crippen LogP contribution in [0.5, 0.6) is 5.88 Å². The molecule has 0 spiro atoms. The number of alkyl halides is 4. The highest BCUT2D eigenvalue weighted by atomic mass is 32.1. The summed E-state index contributed by atoms with van der Waals surface area (Å²) in [5, 5.41) is 1.34. The number of nitrogens with zero attached hydrogens (tertiary/aromatic N) is 2. The minimum absolute atomic E-state index is 0.0759. The van der Waals surface area contributed by atoms with Crippen LogP contribution in [0.1, 0.15) is 42.1 Å². The number of likely N-dealkylation sites (tertiary alicyclic amines) is 1. The average Bonchev–Trinajstić information content (AvgIpc) is 3.35. The zero-order valence-corrected chi connectivity index (χ0v) is 17.4. The van der Waals surface area contributed by atoms with Crippen molar-refractivity contribution < 1.29 is 36.6 Å². The van der Waals surface area contributed by atoms with Crippen molar-refractivity contribution in [2.24, 2.45) is 5.92 Å². The van der Waals surface area contributed by atoms with E-state index >= 15 is 0 Å². The van der Waals surface area contributed by atoms with Gasteiger partial charge in [-0.15, -0.1) is 11.3 Å². The van der Waals surface area contributed by atoms with E-state index in [0.29, 0.717) is 12.0 Å². The first-order valence-electron chi connectivity index (χ1n) is 9.92. The topological polar surface area (TPSA) is 68.7 Å². The van der Waals surface area contributed by atoms with Gasteiger partial charge in [0.05, 0.1) is 41.0 Å². The van der Waals surface area contributed by atoms with Crippen LogP contribution in [0.4, 0.5) is 22.4 Å². The summed E-state index contributed by atoms with van der Waals surface area (Å²) >= 11 is 0.778. The number of hydrogen-bond acceptors (Lipinski definition) is 6. The monoisotopic (exact) mass is 460 g/mol. The highest BCUT2D eigenvalue weighted by Gasteiger charge is 2.40. The van der Waals surface area contributed by atoms with Gasteiger partial charge in [-0.25, -0.2) is 14.2 Å². The van der Waals surface area contributed by atoms with Gasteiger partial charge in [0.2, 0.25) is 5.88 Å². The number of ketones is 1. The summed E-state index contributed by atoms with van der Waals surface area (Å²) in [7, 11) is 0. The Bertz CT molecular complexity index is 1000. The highest BCUT2D eigenvalue weighted by Crippen LogP contribution is 2.40. The molecule has 2 fully saturated rings. The van der Waals surface area contributed by atoms with Crippen molar-refractivity contribution in [3.8, 4) is 5.88 Å². The molecule has 0 radical (unpaired) electrons. The van der Waals surface area contributed by atoms with Crippen LogP contribution < -0.4 is 4.74 Å². The van der Waals surface area contributed by atoms with E-state index in [4.69, 9.17) is 9.47 Å². The molecule has 2 aromatic rings. The van der Waals surface area contributed by atoms with Crippen molar-refractivity contribution in [1.29, 1.82) is 0 Å². The van der Waals surface area contributed by atoms with Gasteiger partial charge >= 0.3 is 12.3 Å². The third kappa shape index (κ3) is 4.60. The summed E-state index contributed by atoms with van der Waals surface area (Å²) in [6, 6.07) is 0.708. The second-order valence-corrected chi connectivity index (χ2v) is 8.59. The van der Waals surface area contributed by atoms with E-state index < -0.39 is 36.0 Å². The van der Waals surface area contributed by atoms with Crippen molar-refractivity contribution in [3.63, 3.8) is 0 Å². The van der Waals surface area contributed by atoms with Crippen LogP contribution >= 0.6 is 11.3 Å². The first kappa shape index (κ1) is 21.8. The molecule has 2 aliphatic rings. The zero-order valence-electron chi connectivity index (χ0n) is 16.6. The van der Waals surface area contributed by atoms with Gasteiger partial charge in [0.25, 0.3) is 0 Å². The van der Waals surface area contributed by atoms with Gasteiger partial charge in [-0.1, -0.05) is 6.92 Å². The number of halogens is 4. The highest BCUT2D eigenvalue weighted by molar-refractivity contribution is 7.17. The zero-order chi connectivity index (χ0) is 22.3. The fourth-order valence-corrected chi connectivity index (χ4v) is 4.41. The Hall–Kier alpha value is -2.43. The van der Waals surface area contributed by atoms with Crippen LogP contribution in [0.15, 0.2) is 11.4 Å². The number of pyridine rings is 1. The Morgan fingerprint density at radius 2 is 2.03 bits per heavy atom. The number of carbonyl (C=O) groups is 2. The van der Waals surface area contributed by atoms with E-state index in [1.165, 1.54) is 5.38 Å². The smallest absolute Gasteiger partial charge is 0.418 e. The minimum Gasteiger partial charge on any atom is -0.469 e. The van der Waals surface area contributed by atoms with Crippen LogP contribution in [0, 0.1) is 5.92 Å².